The molecule has 1 nitrogen and oxygen atoms in total. The summed E-state index contributed by atoms with van der Waals surface area (Å²) in [6, 6.07) is 14.0. The summed E-state index contributed by atoms with van der Waals surface area (Å²) in [5, 5.41) is 0. The highest BCUT2D eigenvalue weighted by Crippen LogP contribution is 2.37. The summed E-state index contributed by atoms with van der Waals surface area (Å²) in [5.41, 5.74) is 9.42. The van der Waals surface area contributed by atoms with E-state index in [1.54, 1.807) is 6.07 Å². The zero-order chi connectivity index (χ0) is 16.9. The fourth-order valence-corrected chi connectivity index (χ4v) is 4.02. The largest absolute Gasteiger partial charge is 0.396 e. The van der Waals surface area contributed by atoms with Crippen molar-refractivity contribution in [2.24, 2.45) is 5.92 Å². The van der Waals surface area contributed by atoms with Crippen molar-refractivity contribution in [3.8, 4) is 0 Å². The van der Waals surface area contributed by atoms with Crippen LogP contribution in [0.25, 0.3) is 0 Å². The predicted molar refractivity (Wildman–Crippen MR) is 99.7 cm³/mol. The SMILES string of the molecule is CCCC1CCC(c2ccc(Cc3ccc(N)c(F)c3)cc2)CC1. The van der Waals surface area contributed by atoms with Crippen molar-refractivity contribution in [3.05, 3.63) is 65.0 Å². The maximum atomic E-state index is 13.6. The van der Waals surface area contributed by atoms with Crippen molar-refractivity contribution in [1.82, 2.24) is 0 Å². The molecule has 2 heteroatoms. The quantitative estimate of drug-likeness (QED) is 0.663. The minimum atomic E-state index is -0.326. The number of nitrogens with two attached hydrogens (primary N) is 1. The van der Waals surface area contributed by atoms with E-state index in [1.807, 2.05) is 6.07 Å². The minimum Gasteiger partial charge on any atom is -0.396 e. The summed E-state index contributed by atoms with van der Waals surface area (Å²) in [6.07, 6.45) is 8.87. The summed E-state index contributed by atoms with van der Waals surface area (Å²) in [5.74, 6) is 1.35. The second kappa shape index (κ2) is 7.83. The van der Waals surface area contributed by atoms with Crippen LogP contribution in [-0.2, 0) is 6.42 Å². The van der Waals surface area contributed by atoms with Gasteiger partial charge in [-0.3, -0.25) is 0 Å². The lowest BCUT2D eigenvalue weighted by atomic mass is 9.77. The van der Waals surface area contributed by atoms with Gasteiger partial charge >= 0.3 is 0 Å². The van der Waals surface area contributed by atoms with Gasteiger partial charge in [0.05, 0.1) is 5.69 Å². The van der Waals surface area contributed by atoms with Gasteiger partial charge in [-0.2, -0.15) is 0 Å². The van der Waals surface area contributed by atoms with E-state index in [0.717, 1.165) is 23.8 Å². The summed E-state index contributed by atoms with van der Waals surface area (Å²) in [4.78, 5) is 0. The molecule has 1 aliphatic carbocycles. The number of benzene rings is 2. The molecule has 0 spiro atoms. The van der Waals surface area contributed by atoms with Crippen LogP contribution in [0.3, 0.4) is 0 Å². The molecule has 1 fully saturated rings. The zero-order valence-electron chi connectivity index (χ0n) is 14.6. The first-order valence-corrected chi connectivity index (χ1v) is 9.28. The Balaban J connectivity index is 1.60. The van der Waals surface area contributed by atoms with Crippen LogP contribution in [0, 0.1) is 11.7 Å². The van der Waals surface area contributed by atoms with Crippen molar-refractivity contribution >= 4 is 5.69 Å². The van der Waals surface area contributed by atoms with Crippen LogP contribution in [0.4, 0.5) is 10.1 Å². The van der Waals surface area contributed by atoms with Crippen LogP contribution in [-0.4, -0.2) is 0 Å². The van der Waals surface area contributed by atoms with Gasteiger partial charge in [0.25, 0.3) is 0 Å². The number of nitrogen functional groups attached to an aromatic ring is 1. The van der Waals surface area contributed by atoms with Gasteiger partial charge in [-0.1, -0.05) is 50.1 Å². The van der Waals surface area contributed by atoms with Crippen molar-refractivity contribution in [2.75, 3.05) is 5.73 Å². The zero-order valence-corrected chi connectivity index (χ0v) is 14.6. The van der Waals surface area contributed by atoms with E-state index in [4.69, 9.17) is 5.73 Å². The molecule has 0 saturated heterocycles. The molecule has 0 aromatic heterocycles. The third-order valence-corrected chi connectivity index (χ3v) is 5.47. The van der Waals surface area contributed by atoms with Gasteiger partial charge < -0.3 is 5.73 Å². The second-order valence-corrected chi connectivity index (χ2v) is 7.28. The highest BCUT2D eigenvalue weighted by Gasteiger charge is 2.21. The van der Waals surface area contributed by atoms with Gasteiger partial charge in [0.1, 0.15) is 5.82 Å². The number of hydrogen-bond donors (Lipinski definition) is 1. The van der Waals surface area contributed by atoms with E-state index >= 15 is 0 Å². The summed E-state index contributed by atoms with van der Waals surface area (Å²) >= 11 is 0. The maximum Gasteiger partial charge on any atom is 0.146 e. The fraction of sp³-hybridized carbons (Fsp3) is 0.455. The molecule has 2 aromatic rings. The standard InChI is InChI=1S/C22H28FN/c1-2-3-16-4-9-19(10-5-16)20-11-6-17(7-12-20)14-18-8-13-22(24)21(23)15-18/h6-8,11-13,15-16,19H,2-5,9-10,14,24H2,1H3. The molecule has 128 valence electrons. The normalized spacial score (nSPS) is 20.9. The minimum absolute atomic E-state index is 0.216. The number of hydrogen-bond acceptors (Lipinski definition) is 1. The first kappa shape index (κ1) is 17.0. The van der Waals surface area contributed by atoms with Crippen LogP contribution in [0.1, 0.15) is 68.1 Å². The van der Waals surface area contributed by atoms with Gasteiger partial charge in [0.2, 0.25) is 0 Å². The van der Waals surface area contributed by atoms with Gasteiger partial charge in [-0.25, -0.2) is 4.39 Å². The molecule has 0 aliphatic heterocycles. The Kier molecular flexibility index (Phi) is 5.55. The molecule has 1 aliphatic rings. The molecule has 0 heterocycles. The molecule has 0 atom stereocenters. The van der Waals surface area contributed by atoms with Crippen molar-refractivity contribution in [2.45, 2.75) is 57.8 Å². The van der Waals surface area contributed by atoms with Crippen molar-refractivity contribution < 1.29 is 4.39 Å². The lowest BCUT2D eigenvalue weighted by Crippen LogP contribution is -2.13. The molecule has 2 aromatic carbocycles. The topological polar surface area (TPSA) is 26.0 Å². The Morgan fingerprint density at radius 3 is 2.25 bits per heavy atom. The van der Waals surface area contributed by atoms with Crippen LogP contribution in [0.5, 0.6) is 0 Å². The molecule has 0 amide bonds. The van der Waals surface area contributed by atoms with E-state index in [2.05, 4.69) is 31.2 Å². The van der Waals surface area contributed by atoms with Crippen LogP contribution < -0.4 is 5.73 Å². The Hall–Kier alpha value is -1.83. The monoisotopic (exact) mass is 325 g/mol. The van der Waals surface area contributed by atoms with E-state index in [1.165, 1.54) is 55.7 Å². The van der Waals surface area contributed by atoms with Gasteiger partial charge in [0.15, 0.2) is 0 Å². The van der Waals surface area contributed by atoms with E-state index in [9.17, 15) is 4.39 Å². The first-order chi connectivity index (χ1) is 11.7. The molecule has 3 rings (SSSR count). The van der Waals surface area contributed by atoms with Crippen molar-refractivity contribution in [3.63, 3.8) is 0 Å². The number of anilines is 1. The Morgan fingerprint density at radius 2 is 1.62 bits per heavy atom. The summed E-state index contributed by atoms with van der Waals surface area (Å²) < 4.78 is 13.6. The third kappa shape index (κ3) is 4.17. The molecular formula is C22H28FN. The van der Waals surface area contributed by atoms with Crippen LogP contribution in [0.15, 0.2) is 42.5 Å². The number of halogens is 1. The molecule has 1 saturated carbocycles. The van der Waals surface area contributed by atoms with Gasteiger partial charge in [-0.05, 0) is 72.8 Å². The Morgan fingerprint density at radius 1 is 0.958 bits per heavy atom. The average molecular weight is 325 g/mol. The smallest absolute Gasteiger partial charge is 0.146 e. The Bertz CT molecular complexity index is 654. The fourth-order valence-electron chi connectivity index (χ4n) is 4.02. The maximum absolute atomic E-state index is 13.6. The first-order valence-electron chi connectivity index (χ1n) is 9.28. The summed E-state index contributed by atoms with van der Waals surface area (Å²) in [7, 11) is 0. The van der Waals surface area contributed by atoms with E-state index in [-0.39, 0.29) is 11.5 Å². The average Bonchev–Trinajstić information content (AvgIpc) is 2.60. The Labute approximate surface area is 145 Å². The molecule has 0 radical (unpaired) electrons. The van der Waals surface area contributed by atoms with E-state index in [0.29, 0.717) is 0 Å². The molecule has 0 bridgehead atoms. The van der Waals surface area contributed by atoms with Crippen molar-refractivity contribution in [1.29, 1.82) is 0 Å². The molecule has 0 unspecified atom stereocenters. The van der Waals surface area contributed by atoms with Gasteiger partial charge in [-0.15, -0.1) is 0 Å². The van der Waals surface area contributed by atoms with Crippen LogP contribution in [0.2, 0.25) is 0 Å². The highest BCUT2D eigenvalue weighted by atomic mass is 19.1. The predicted octanol–water partition coefficient (Wildman–Crippen LogP) is 6.07. The summed E-state index contributed by atoms with van der Waals surface area (Å²) in [6.45, 7) is 2.29. The molecule has 24 heavy (non-hydrogen) atoms. The lowest BCUT2D eigenvalue weighted by Gasteiger charge is -2.28. The second-order valence-electron chi connectivity index (χ2n) is 7.28. The third-order valence-electron chi connectivity index (χ3n) is 5.47. The van der Waals surface area contributed by atoms with E-state index < -0.39 is 0 Å². The molecule has 2 N–H and O–H groups in total. The lowest BCUT2D eigenvalue weighted by molar-refractivity contribution is 0.308. The number of rotatable bonds is 5. The highest BCUT2D eigenvalue weighted by molar-refractivity contribution is 5.42. The van der Waals surface area contributed by atoms with Crippen LogP contribution >= 0.6 is 0 Å². The van der Waals surface area contributed by atoms with Gasteiger partial charge in [0, 0.05) is 0 Å². The molecular weight excluding hydrogens is 297 g/mol.